The summed E-state index contributed by atoms with van der Waals surface area (Å²) in [6, 6.07) is 1.73. The van der Waals surface area contributed by atoms with Crippen LogP contribution >= 0.6 is 0 Å². The molecule has 0 aromatic carbocycles. The highest BCUT2D eigenvalue weighted by Crippen LogP contribution is 2.07. The fourth-order valence-electron chi connectivity index (χ4n) is 2.47. The Kier molecular flexibility index (Phi) is 3.13. The van der Waals surface area contributed by atoms with Gasteiger partial charge in [0.25, 0.3) is 0 Å². The topological polar surface area (TPSA) is 8.88 Å². The van der Waals surface area contributed by atoms with Gasteiger partial charge in [0, 0.05) is 0 Å². The molecule has 1 unspecified atom stereocenters. The standard InChI is InChI=1S/C10H22N2/c1-8-7-12(5)9(2)6-10(8)11(3)4/h8-10H,6-7H2,1-5H3/p+2/t8-,9+,10+/m1/s1. The largest absolute Gasteiger partial charge is 0.337 e. The predicted molar refractivity (Wildman–Crippen MR) is 51.6 cm³/mol. The molecule has 1 saturated heterocycles. The van der Waals surface area contributed by atoms with Crippen molar-refractivity contribution in [2.75, 3.05) is 27.7 Å². The van der Waals surface area contributed by atoms with E-state index in [1.165, 1.54) is 13.0 Å². The average Bonchev–Trinajstić information content (AvgIpc) is 1.96. The highest BCUT2D eigenvalue weighted by Gasteiger charge is 2.35. The Morgan fingerprint density at radius 2 is 1.83 bits per heavy atom. The van der Waals surface area contributed by atoms with Crippen molar-refractivity contribution in [3.8, 4) is 0 Å². The Morgan fingerprint density at radius 1 is 1.25 bits per heavy atom. The van der Waals surface area contributed by atoms with E-state index in [0.29, 0.717) is 0 Å². The van der Waals surface area contributed by atoms with Crippen molar-refractivity contribution in [2.24, 2.45) is 5.92 Å². The zero-order chi connectivity index (χ0) is 9.30. The molecule has 0 radical (unpaired) electrons. The fourth-order valence-corrected chi connectivity index (χ4v) is 2.47. The lowest BCUT2D eigenvalue weighted by atomic mass is 9.89. The number of hydrogen-bond acceptors (Lipinski definition) is 0. The summed E-state index contributed by atoms with van der Waals surface area (Å²) in [5.74, 6) is 0.881. The Morgan fingerprint density at radius 3 is 2.33 bits per heavy atom. The summed E-state index contributed by atoms with van der Waals surface area (Å²) in [5, 5.41) is 0. The van der Waals surface area contributed by atoms with Crippen LogP contribution in [0.1, 0.15) is 20.3 Å². The van der Waals surface area contributed by atoms with Gasteiger partial charge in [0.2, 0.25) is 0 Å². The van der Waals surface area contributed by atoms with E-state index in [9.17, 15) is 0 Å². The molecule has 0 saturated carbocycles. The molecule has 2 N–H and O–H groups in total. The van der Waals surface area contributed by atoms with E-state index < -0.39 is 0 Å². The Balaban J connectivity index is 2.55. The van der Waals surface area contributed by atoms with Crippen LogP contribution in [0.25, 0.3) is 0 Å². The van der Waals surface area contributed by atoms with Gasteiger partial charge in [-0.3, -0.25) is 0 Å². The van der Waals surface area contributed by atoms with E-state index in [4.69, 9.17) is 0 Å². The van der Waals surface area contributed by atoms with Gasteiger partial charge in [-0.25, -0.2) is 0 Å². The molecule has 1 heterocycles. The lowest BCUT2D eigenvalue weighted by Crippen LogP contribution is -3.20. The van der Waals surface area contributed by atoms with Gasteiger partial charge >= 0.3 is 0 Å². The summed E-state index contributed by atoms with van der Waals surface area (Å²) in [6.45, 7) is 6.11. The highest BCUT2D eigenvalue weighted by molar-refractivity contribution is 4.70. The number of quaternary nitrogens is 2. The smallest absolute Gasteiger partial charge is 0.101 e. The first-order valence-corrected chi connectivity index (χ1v) is 5.14. The number of likely N-dealkylation sites (tertiary alicyclic amines) is 1. The zero-order valence-electron chi connectivity index (χ0n) is 9.15. The third-order valence-corrected chi connectivity index (χ3v) is 3.52. The van der Waals surface area contributed by atoms with Gasteiger partial charge in [-0.1, -0.05) is 6.92 Å². The van der Waals surface area contributed by atoms with E-state index in [1.807, 2.05) is 0 Å². The minimum absolute atomic E-state index is 0.848. The third-order valence-electron chi connectivity index (χ3n) is 3.52. The fraction of sp³-hybridized carbons (Fsp3) is 1.00. The van der Waals surface area contributed by atoms with Gasteiger partial charge in [0.15, 0.2) is 0 Å². The van der Waals surface area contributed by atoms with Gasteiger partial charge in [-0.05, 0) is 6.92 Å². The second-order valence-electron chi connectivity index (χ2n) is 4.85. The van der Waals surface area contributed by atoms with Crippen molar-refractivity contribution >= 4 is 0 Å². The Hall–Kier alpha value is -0.0800. The van der Waals surface area contributed by atoms with Gasteiger partial charge in [0.1, 0.15) is 6.04 Å². The summed E-state index contributed by atoms with van der Waals surface area (Å²) in [4.78, 5) is 3.34. The van der Waals surface area contributed by atoms with Crippen LogP contribution in [0.2, 0.25) is 0 Å². The molecule has 0 aromatic heterocycles. The number of piperidine rings is 1. The molecule has 2 heteroatoms. The van der Waals surface area contributed by atoms with Crippen molar-refractivity contribution in [1.29, 1.82) is 0 Å². The van der Waals surface area contributed by atoms with E-state index in [1.54, 1.807) is 9.80 Å². The Bertz CT molecular complexity index is 145. The van der Waals surface area contributed by atoms with Gasteiger partial charge in [0.05, 0.1) is 46.1 Å². The molecule has 0 aromatic rings. The van der Waals surface area contributed by atoms with E-state index in [0.717, 1.165) is 18.0 Å². The maximum atomic E-state index is 2.40. The van der Waals surface area contributed by atoms with Crippen LogP contribution in [-0.2, 0) is 0 Å². The minimum atomic E-state index is 0.848. The molecule has 72 valence electrons. The van der Waals surface area contributed by atoms with E-state index in [2.05, 4.69) is 35.0 Å². The molecule has 1 rings (SSSR count). The lowest BCUT2D eigenvalue weighted by molar-refractivity contribution is -0.950. The molecule has 12 heavy (non-hydrogen) atoms. The van der Waals surface area contributed by atoms with Gasteiger partial charge in [-0.15, -0.1) is 0 Å². The molecule has 0 aliphatic carbocycles. The van der Waals surface area contributed by atoms with E-state index in [-0.39, 0.29) is 0 Å². The predicted octanol–water partition coefficient (Wildman–Crippen LogP) is -1.56. The summed E-state index contributed by atoms with van der Waals surface area (Å²) in [5.41, 5.74) is 0. The molecular formula is C10H24N2+2. The van der Waals surface area contributed by atoms with Crippen LogP contribution in [0.15, 0.2) is 0 Å². The summed E-state index contributed by atoms with van der Waals surface area (Å²) in [6.07, 6.45) is 1.38. The average molecular weight is 172 g/mol. The third kappa shape index (κ3) is 1.99. The van der Waals surface area contributed by atoms with Crippen molar-refractivity contribution in [3.05, 3.63) is 0 Å². The zero-order valence-corrected chi connectivity index (χ0v) is 9.15. The second-order valence-corrected chi connectivity index (χ2v) is 4.85. The van der Waals surface area contributed by atoms with Gasteiger partial charge < -0.3 is 9.80 Å². The monoisotopic (exact) mass is 172 g/mol. The van der Waals surface area contributed by atoms with Crippen LogP contribution in [0.5, 0.6) is 0 Å². The Labute approximate surface area is 76.5 Å². The maximum absolute atomic E-state index is 2.40. The molecule has 0 bridgehead atoms. The normalized spacial score (nSPS) is 43.5. The molecular weight excluding hydrogens is 148 g/mol. The minimum Gasteiger partial charge on any atom is -0.337 e. The molecule has 1 fully saturated rings. The van der Waals surface area contributed by atoms with E-state index >= 15 is 0 Å². The first kappa shape index (κ1) is 10.0. The van der Waals surface area contributed by atoms with Gasteiger partial charge in [-0.2, -0.15) is 0 Å². The summed E-state index contributed by atoms with van der Waals surface area (Å²) in [7, 11) is 6.89. The number of nitrogens with one attached hydrogen (secondary N) is 2. The molecule has 4 atom stereocenters. The molecule has 1 aliphatic rings. The lowest BCUT2D eigenvalue weighted by Gasteiger charge is -2.37. The van der Waals surface area contributed by atoms with Crippen LogP contribution in [-0.4, -0.2) is 39.8 Å². The summed E-state index contributed by atoms with van der Waals surface area (Å²) < 4.78 is 0. The van der Waals surface area contributed by atoms with Crippen molar-refractivity contribution < 1.29 is 9.80 Å². The van der Waals surface area contributed by atoms with Crippen LogP contribution in [0, 0.1) is 5.92 Å². The quantitative estimate of drug-likeness (QED) is 0.473. The maximum Gasteiger partial charge on any atom is 0.101 e. The van der Waals surface area contributed by atoms with Crippen molar-refractivity contribution in [2.45, 2.75) is 32.4 Å². The molecule has 0 spiro atoms. The first-order valence-electron chi connectivity index (χ1n) is 5.14. The first-order chi connectivity index (χ1) is 5.52. The van der Waals surface area contributed by atoms with Crippen LogP contribution < -0.4 is 9.80 Å². The molecule has 2 nitrogen and oxygen atoms in total. The number of rotatable bonds is 1. The highest BCUT2D eigenvalue weighted by atomic mass is 15.2. The SMILES string of the molecule is C[C@@H]1C[NH+](C)[C@@H](C)C[C@@H]1[NH+](C)C. The second kappa shape index (κ2) is 3.75. The van der Waals surface area contributed by atoms with Crippen molar-refractivity contribution in [1.82, 2.24) is 0 Å². The molecule has 1 aliphatic heterocycles. The molecule has 0 amide bonds. The van der Waals surface area contributed by atoms with Crippen molar-refractivity contribution in [3.63, 3.8) is 0 Å². The van der Waals surface area contributed by atoms with Crippen LogP contribution in [0.4, 0.5) is 0 Å². The summed E-state index contributed by atoms with van der Waals surface area (Å²) >= 11 is 0. The van der Waals surface area contributed by atoms with Crippen LogP contribution in [0.3, 0.4) is 0 Å². The number of hydrogen-bond donors (Lipinski definition) is 2.